The molecule has 1 amide bonds. The van der Waals surface area contributed by atoms with E-state index in [1.165, 1.54) is 13.5 Å². The Kier molecular flexibility index (Phi) is 7.15. The van der Waals surface area contributed by atoms with E-state index in [1.54, 1.807) is 0 Å². The van der Waals surface area contributed by atoms with Gasteiger partial charge in [0.2, 0.25) is 5.91 Å². The van der Waals surface area contributed by atoms with Crippen LogP contribution in [0.5, 0.6) is 0 Å². The smallest absolute Gasteiger partial charge is 0.322 e. The fraction of sp³-hybridized carbons (Fsp3) is 0.875. The fourth-order valence-electron chi connectivity index (χ4n) is 3.09. The summed E-state index contributed by atoms with van der Waals surface area (Å²) >= 11 is 0. The fourth-order valence-corrected chi connectivity index (χ4v) is 3.09. The molecule has 122 valence electrons. The van der Waals surface area contributed by atoms with Crippen molar-refractivity contribution in [3.8, 4) is 0 Å². The Morgan fingerprint density at radius 3 is 2.29 bits per heavy atom. The third kappa shape index (κ3) is 5.30. The molecule has 5 heteroatoms. The van der Waals surface area contributed by atoms with Gasteiger partial charge in [-0.25, -0.2) is 0 Å². The number of hydrogen-bond acceptors (Lipinski definition) is 4. The molecule has 1 N–H and O–H groups in total. The number of nitrogens with one attached hydrogen (secondary N) is 1. The number of likely N-dealkylation sites (tertiary alicyclic amines) is 1. The van der Waals surface area contributed by atoms with Gasteiger partial charge in [0.15, 0.2) is 0 Å². The molecule has 0 radical (unpaired) electrons. The molecule has 1 aliphatic heterocycles. The van der Waals surface area contributed by atoms with Gasteiger partial charge in [0, 0.05) is 12.1 Å². The lowest BCUT2D eigenvalue weighted by Gasteiger charge is -2.39. The van der Waals surface area contributed by atoms with Gasteiger partial charge in [0.05, 0.1) is 13.7 Å². The molecule has 0 saturated carbocycles. The van der Waals surface area contributed by atoms with E-state index in [-0.39, 0.29) is 30.5 Å². The molecule has 0 bridgehead atoms. The minimum absolute atomic E-state index is 0.0763. The molecule has 0 aromatic heterocycles. The first-order valence-electron chi connectivity index (χ1n) is 7.99. The van der Waals surface area contributed by atoms with Crippen LogP contribution in [0.4, 0.5) is 0 Å². The third-order valence-electron chi connectivity index (χ3n) is 4.17. The summed E-state index contributed by atoms with van der Waals surface area (Å²) in [6.07, 6.45) is 3.97. The van der Waals surface area contributed by atoms with E-state index in [0.717, 1.165) is 12.8 Å². The lowest BCUT2D eigenvalue weighted by Crippen LogP contribution is -2.52. The first kappa shape index (κ1) is 18.0. The van der Waals surface area contributed by atoms with Gasteiger partial charge in [0.1, 0.15) is 6.04 Å². The zero-order valence-corrected chi connectivity index (χ0v) is 14.0. The van der Waals surface area contributed by atoms with Crippen LogP contribution in [0, 0.1) is 5.92 Å². The van der Waals surface area contributed by atoms with Crippen LogP contribution in [0.2, 0.25) is 0 Å². The first-order valence-corrected chi connectivity index (χ1v) is 7.99. The summed E-state index contributed by atoms with van der Waals surface area (Å²) in [5.41, 5.74) is 0. The number of amides is 1. The van der Waals surface area contributed by atoms with E-state index in [9.17, 15) is 9.59 Å². The summed E-state index contributed by atoms with van der Waals surface area (Å²) in [5, 5.41) is 3.07. The standard InChI is InChI=1S/C16H30N2O3/c1-11(2)9-14(16(20)21-5)17-10-15(19)18-12(3)7-6-8-13(18)4/h11-14,17H,6-10H2,1-5H3. The monoisotopic (exact) mass is 298 g/mol. The van der Waals surface area contributed by atoms with Gasteiger partial charge in [-0.15, -0.1) is 0 Å². The average molecular weight is 298 g/mol. The van der Waals surface area contributed by atoms with Crippen molar-refractivity contribution in [2.24, 2.45) is 5.92 Å². The Morgan fingerprint density at radius 1 is 1.24 bits per heavy atom. The topological polar surface area (TPSA) is 58.6 Å². The van der Waals surface area contributed by atoms with Gasteiger partial charge < -0.3 is 9.64 Å². The number of nitrogens with zero attached hydrogens (tertiary/aromatic N) is 1. The lowest BCUT2D eigenvalue weighted by molar-refractivity contribution is -0.144. The summed E-state index contributed by atoms with van der Waals surface area (Å²) < 4.78 is 4.81. The normalized spacial score (nSPS) is 24.0. The van der Waals surface area contributed by atoms with Gasteiger partial charge in [-0.2, -0.15) is 0 Å². The molecule has 0 spiro atoms. The van der Waals surface area contributed by atoms with E-state index in [2.05, 4.69) is 19.2 Å². The van der Waals surface area contributed by atoms with Gasteiger partial charge in [-0.3, -0.25) is 14.9 Å². The number of piperidine rings is 1. The van der Waals surface area contributed by atoms with Gasteiger partial charge in [-0.1, -0.05) is 13.8 Å². The molecular weight excluding hydrogens is 268 g/mol. The van der Waals surface area contributed by atoms with Crippen LogP contribution in [0.25, 0.3) is 0 Å². The Balaban J connectivity index is 2.57. The molecule has 1 fully saturated rings. The number of rotatable bonds is 6. The summed E-state index contributed by atoms with van der Waals surface area (Å²) in [7, 11) is 1.38. The van der Waals surface area contributed by atoms with Crippen LogP contribution in [-0.4, -0.2) is 48.6 Å². The molecule has 0 aromatic carbocycles. The van der Waals surface area contributed by atoms with Gasteiger partial charge >= 0.3 is 5.97 Å². The molecule has 3 unspecified atom stereocenters. The van der Waals surface area contributed by atoms with E-state index in [0.29, 0.717) is 12.3 Å². The largest absolute Gasteiger partial charge is 0.468 e. The summed E-state index contributed by atoms with van der Waals surface area (Å²) in [5.74, 6) is 0.146. The van der Waals surface area contributed by atoms with Crippen LogP contribution < -0.4 is 5.32 Å². The average Bonchev–Trinajstić information content (AvgIpc) is 2.42. The Bertz CT molecular complexity index is 347. The van der Waals surface area contributed by atoms with E-state index in [4.69, 9.17) is 4.74 Å². The highest BCUT2D eigenvalue weighted by Gasteiger charge is 2.29. The number of ether oxygens (including phenoxy) is 1. The molecule has 0 aliphatic carbocycles. The molecule has 21 heavy (non-hydrogen) atoms. The maximum Gasteiger partial charge on any atom is 0.322 e. The molecule has 1 heterocycles. The van der Waals surface area contributed by atoms with Crippen LogP contribution in [0.1, 0.15) is 53.4 Å². The highest BCUT2D eigenvalue weighted by atomic mass is 16.5. The molecule has 1 rings (SSSR count). The maximum absolute atomic E-state index is 12.4. The van der Waals surface area contributed by atoms with Crippen molar-refractivity contribution in [2.45, 2.75) is 71.5 Å². The van der Waals surface area contributed by atoms with Crippen LogP contribution in [-0.2, 0) is 14.3 Å². The molecular formula is C16H30N2O3. The SMILES string of the molecule is COC(=O)C(CC(C)C)NCC(=O)N1C(C)CCCC1C. The third-order valence-corrected chi connectivity index (χ3v) is 4.17. The first-order chi connectivity index (χ1) is 9.86. The number of carbonyl (C=O) groups is 2. The predicted octanol–water partition coefficient (Wildman–Crippen LogP) is 1.95. The minimum atomic E-state index is -0.408. The lowest BCUT2D eigenvalue weighted by atomic mass is 9.97. The van der Waals surface area contributed by atoms with Crippen molar-refractivity contribution in [1.82, 2.24) is 10.2 Å². The Morgan fingerprint density at radius 2 is 1.81 bits per heavy atom. The maximum atomic E-state index is 12.4. The van der Waals surface area contributed by atoms with E-state index in [1.807, 2.05) is 18.7 Å². The quantitative estimate of drug-likeness (QED) is 0.762. The second-order valence-electron chi connectivity index (χ2n) is 6.52. The van der Waals surface area contributed by atoms with Gasteiger partial charge in [-0.05, 0) is 45.4 Å². The molecule has 1 aliphatic rings. The minimum Gasteiger partial charge on any atom is -0.468 e. The second kappa shape index (κ2) is 8.37. The number of esters is 1. The highest BCUT2D eigenvalue weighted by molar-refractivity contribution is 5.81. The van der Waals surface area contributed by atoms with Crippen molar-refractivity contribution in [2.75, 3.05) is 13.7 Å². The number of hydrogen-bond donors (Lipinski definition) is 1. The van der Waals surface area contributed by atoms with E-state index < -0.39 is 6.04 Å². The molecule has 1 saturated heterocycles. The molecule has 3 atom stereocenters. The van der Waals surface area contributed by atoms with Gasteiger partial charge in [0.25, 0.3) is 0 Å². The highest BCUT2D eigenvalue weighted by Crippen LogP contribution is 2.22. The van der Waals surface area contributed by atoms with Crippen molar-refractivity contribution < 1.29 is 14.3 Å². The second-order valence-corrected chi connectivity index (χ2v) is 6.52. The zero-order chi connectivity index (χ0) is 16.0. The zero-order valence-electron chi connectivity index (χ0n) is 14.0. The van der Waals surface area contributed by atoms with Crippen LogP contribution >= 0.6 is 0 Å². The van der Waals surface area contributed by atoms with Crippen LogP contribution in [0.15, 0.2) is 0 Å². The molecule has 0 aromatic rings. The number of carbonyl (C=O) groups excluding carboxylic acids is 2. The summed E-state index contributed by atoms with van der Waals surface area (Å²) in [6, 6.07) is 0.156. The molecule has 5 nitrogen and oxygen atoms in total. The summed E-state index contributed by atoms with van der Waals surface area (Å²) in [6.45, 7) is 8.49. The summed E-state index contributed by atoms with van der Waals surface area (Å²) in [4.78, 5) is 26.1. The van der Waals surface area contributed by atoms with Crippen molar-refractivity contribution in [3.63, 3.8) is 0 Å². The Labute approximate surface area is 128 Å². The van der Waals surface area contributed by atoms with Crippen LogP contribution in [0.3, 0.4) is 0 Å². The van der Waals surface area contributed by atoms with E-state index >= 15 is 0 Å². The van der Waals surface area contributed by atoms with Crippen molar-refractivity contribution >= 4 is 11.9 Å². The van der Waals surface area contributed by atoms with Crippen molar-refractivity contribution in [1.29, 1.82) is 0 Å². The Hall–Kier alpha value is -1.10. The predicted molar refractivity (Wildman–Crippen MR) is 82.9 cm³/mol. The van der Waals surface area contributed by atoms with Crippen molar-refractivity contribution in [3.05, 3.63) is 0 Å². The number of methoxy groups -OCH3 is 1.